The molecule has 1 aliphatic heterocycles. The highest BCUT2D eigenvalue weighted by Gasteiger charge is 2.24. The van der Waals surface area contributed by atoms with Crippen LogP contribution < -0.4 is 5.32 Å². The van der Waals surface area contributed by atoms with Crippen molar-refractivity contribution in [2.75, 3.05) is 13.1 Å². The number of amides is 2. The zero-order chi connectivity index (χ0) is 14.5. The van der Waals surface area contributed by atoms with E-state index in [1.165, 1.54) is 0 Å². The first-order chi connectivity index (χ1) is 9.60. The Kier molecular flexibility index (Phi) is 4.61. The van der Waals surface area contributed by atoms with Crippen LogP contribution in [0.15, 0.2) is 24.3 Å². The Hall–Kier alpha value is -2.04. The van der Waals surface area contributed by atoms with E-state index in [2.05, 4.69) is 12.2 Å². The first-order valence-electron chi connectivity index (χ1n) is 6.95. The number of hydrogen-bond acceptors (Lipinski definition) is 2. The standard InChI is InChI=1S/C15H20N2O3/c1-2-11-7-8-17(10-11)15(20)16-9-12-3-5-13(6-4-12)14(18)19/h3-6,11H,2,7-10H2,1H3,(H,16,20)(H,18,19). The zero-order valence-corrected chi connectivity index (χ0v) is 11.6. The van der Waals surface area contributed by atoms with Gasteiger partial charge in [0.15, 0.2) is 0 Å². The van der Waals surface area contributed by atoms with Crippen molar-refractivity contribution in [2.45, 2.75) is 26.3 Å². The van der Waals surface area contributed by atoms with Gasteiger partial charge in [-0.2, -0.15) is 0 Å². The van der Waals surface area contributed by atoms with E-state index >= 15 is 0 Å². The van der Waals surface area contributed by atoms with Crippen LogP contribution in [0.5, 0.6) is 0 Å². The third-order valence-electron chi connectivity index (χ3n) is 3.80. The summed E-state index contributed by atoms with van der Waals surface area (Å²) in [6.07, 6.45) is 2.19. The van der Waals surface area contributed by atoms with Crippen LogP contribution in [0.25, 0.3) is 0 Å². The maximum Gasteiger partial charge on any atom is 0.335 e. The van der Waals surface area contributed by atoms with Gasteiger partial charge in [0.2, 0.25) is 0 Å². The molecule has 2 N–H and O–H groups in total. The summed E-state index contributed by atoms with van der Waals surface area (Å²) in [6.45, 7) is 4.23. The lowest BCUT2D eigenvalue weighted by Gasteiger charge is -2.17. The summed E-state index contributed by atoms with van der Waals surface area (Å²) < 4.78 is 0. The highest BCUT2D eigenvalue weighted by Crippen LogP contribution is 2.18. The average Bonchev–Trinajstić information content (AvgIpc) is 2.94. The van der Waals surface area contributed by atoms with Crippen LogP contribution in [0.3, 0.4) is 0 Å². The Bertz CT molecular complexity index is 484. The molecule has 0 saturated carbocycles. The molecule has 1 unspecified atom stereocenters. The van der Waals surface area contributed by atoms with Crippen LogP contribution in [0.2, 0.25) is 0 Å². The molecule has 5 heteroatoms. The van der Waals surface area contributed by atoms with Crippen molar-refractivity contribution in [1.29, 1.82) is 0 Å². The Morgan fingerprint density at radius 1 is 1.35 bits per heavy atom. The van der Waals surface area contributed by atoms with E-state index in [1.54, 1.807) is 24.3 Å². The molecular weight excluding hydrogens is 256 g/mol. The molecule has 1 aromatic carbocycles. The highest BCUT2D eigenvalue weighted by atomic mass is 16.4. The largest absolute Gasteiger partial charge is 0.478 e. The summed E-state index contributed by atoms with van der Waals surface area (Å²) in [4.78, 5) is 24.6. The maximum atomic E-state index is 12.0. The molecule has 2 rings (SSSR count). The molecule has 0 bridgehead atoms. The number of urea groups is 1. The smallest absolute Gasteiger partial charge is 0.335 e. The summed E-state index contributed by atoms with van der Waals surface area (Å²) in [6, 6.07) is 6.51. The Morgan fingerprint density at radius 3 is 2.60 bits per heavy atom. The number of hydrogen-bond donors (Lipinski definition) is 2. The van der Waals surface area contributed by atoms with Gasteiger partial charge in [-0.3, -0.25) is 0 Å². The minimum Gasteiger partial charge on any atom is -0.478 e. The number of carboxylic acids is 1. The van der Waals surface area contributed by atoms with Gasteiger partial charge in [-0.15, -0.1) is 0 Å². The number of carbonyl (C=O) groups is 2. The fraction of sp³-hybridized carbons (Fsp3) is 0.467. The summed E-state index contributed by atoms with van der Waals surface area (Å²) in [7, 11) is 0. The Morgan fingerprint density at radius 2 is 2.05 bits per heavy atom. The predicted molar refractivity (Wildman–Crippen MR) is 75.6 cm³/mol. The number of carbonyl (C=O) groups excluding carboxylic acids is 1. The summed E-state index contributed by atoms with van der Waals surface area (Å²) in [5.41, 5.74) is 1.15. The second-order valence-corrected chi connectivity index (χ2v) is 5.17. The molecule has 20 heavy (non-hydrogen) atoms. The van der Waals surface area contributed by atoms with Gasteiger partial charge in [-0.1, -0.05) is 25.5 Å². The van der Waals surface area contributed by atoms with Gasteiger partial charge < -0.3 is 15.3 Å². The fourth-order valence-corrected chi connectivity index (χ4v) is 2.40. The van der Waals surface area contributed by atoms with Gasteiger partial charge in [-0.25, -0.2) is 9.59 Å². The number of nitrogens with zero attached hydrogens (tertiary/aromatic N) is 1. The van der Waals surface area contributed by atoms with E-state index in [9.17, 15) is 9.59 Å². The zero-order valence-electron chi connectivity index (χ0n) is 11.6. The topological polar surface area (TPSA) is 69.6 Å². The van der Waals surface area contributed by atoms with Crippen molar-refractivity contribution in [2.24, 2.45) is 5.92 Å². The van der Waals surface area contributed by atoms with E-state index < -0.39 is 5.97 Å². The van der Waals surface area contributed by atoms with E-state index in [-0.39, 0.29) is 11.6 Å². The molecule has 0 spiro atoms. The number of benzene rings is 1. The van der Waals surface area contributed by atoms with Crippen LogP contribution in [-0.4, -0.2) is 35.1 Å². The number of carboxylic acid groups (broad SMARTS) is 1. The van der Waals surface area contributed by atoms with Crippen molar-refractivity contribution in [3.8, 4) is 0 Å². The fourth-order valence-electron chi connectivity index (χ4n) is 2.40. The molecule has 1 atom stereocenters. The van der Waals surface area contributed by atoms with Crippen LogP contribution in [0.4, 0.5) is 4.79 Å². The quantitative estimate of drug-likeness (QED) is 0.886. The van der Waals surface area contributed by atoms with Crippen molar-refractivity contribution in [3.63, 3.8) is 0 Å². The second-order valence-electron chi connectivity index (χ2n) is 5.17. The molecule has 0 aliphatic carbocycles. The average molecular weight is 276 g/mol. The van der Waals surface area contributed by atoms with E-state index in [1.807, 2.05) is 4.90 Å². The molecule has 1 heterocycles. The first-order valence-corrected chi connectivity index (χ1v) is 6.95. The molecule has 108 valence electrons. The van der Waals surface area contributed by atoms with Crippen LogP contribution in [-0.2, 0) is 6.54 Å². The van der Waals surface area contributed by atoms with Crippen molar-refractivity contribution in [3.05, 3.63) is 35.4 Å². The van der Waals surface area contributed by atoms with Gasteiger partial charge in [0.1, 0.15) is 0 Å². The van der Waals surface area contributed by atoms with Crippen molar-refractivity contribution in [1.82, 2.24) is 10.2 Å². The molecule has 2 amide bonds. The summed E-state index contributed by atoms with van der Waals surface area (Å²) >= 11 is 0. The van der Waals surface area contributed by atoms with Crippen LogP contribution >= 0.6 is 0 Å². The van der Waals surface area contributed by atoms with Crippen LogP contribution in [0.1, 0.15) is 35.7 Å². The molecule has 1 aromatic rings. The van der Waals surface area contributed by atoms with Crippen LogP contribution in [0, 0.1) is 5.92 Å². The van der Waals surface area contributed by atoms with Gasteiger partial charge >= 0.3 is 12.0 Å². The third-order valence-corrected chi connectivity index (χ3v) is 3.80. The minimum absolute atomic E-state index is 0.0386. The molecule has 1 fully saturated rings. The molecule has 1 saturated heterocycles. The third kappa shape index (κ3) is 3.50. The molecule has 1 aliphatic rings. The number of aromatic carboxylic acids is 1. The lowest BCUT2D eigenvalue weighted by molar-refractivity contribution is 0.0697. The second kappa shape index (κ2) is 6.41. The van der Waals surface area contributed by atoms with Gasteiger partial charge in [-0.05, 0) is 30.0 Å². The van der Waals surface area contributed by atoms with E-state index in [0.717, 1.165) is 31.5 Å². The number of rotatable bonds is 4. The minimum atomic E-state index is -0.941. The van der Waals surface area contributed by atoms with E-state index in [4.69, 9.17) is 5.11 Å². The van der Waals surface area contributed by atoms with Gasteiger partial charge in [0.05, 0.1) is 5.56 Å². The Balaban J connectivity index is 1.83. The highest BCUT2D eigenvalue weighted by molar-refractivity contribution is 5.87. The lowest BCUT2D eigenvalue weighted by Crippen LogP contribution is -2.38. The first kappa shape index (κ1) is 14.4. The SMILES string of the molecule is CCC1CCN(C(=O)NCc2ccc(C(=O)O)cc2)C1. The predicted octanol–water partition coefficient (Wildman–Crippen LogP) is 2.33. The number of nitrogens with one attached hydrogen (secondary N) is 1. The van der Waals surface area contributed by atoms with Crippen molar-refractivity contribution >= 4 is 12.0 Å². The molecular formula is C15H20N2O3. The summed E-state index contributed by atoms with van der Waals surface area (Å²) in [5.74, 6) is -0.321. The monoisotopic (exact) mass is 276 g/mol. The number of likely N-dealkylation sites (tertiary alicyclic amines) is 1. The van der Waals surface area contributed by atoms with Crippen molar-refractivity contribution < 1.29 is 14.7 Å². The Labute approximate surface area is 118 Å². The maximum absolute atomic E-state index is 12.0. The summed E-state index contributed by atoms with van der Waals surface area (Å²) in [5, 5.41) is 11.7. The normalized spacial score (nSPS) is 18.1. The molecule has 0 aromatic heterocycles. The molecule has 5 nitrogen and oxygen atoms in total. The van der Waals surface area contributed by atoms with Gasteiger partial charge in [0, 0.05) is 19.6 Å². The lowest BCUT2D eigenvalue weighted by atomic mass is 10.1. The van der Waals surface area contributed by atoms with Gasteiger partial charge in [0.25, 0.3) is 0 Å². The molecule has 0 radical (unpaired) electrons. The van der Waals surface area contributed by atoms with E-state index in [0.29, 0.717) is 12.5 Å².